The van der Waals surface area contributed by atoms with Gasteiger partial charge in [0.15, 0.2) is 5.65 Å². The zero-order valence-corrected chi connectivity index (χ0v) is 18.1. The lowest BCUT2D eigenvalue weighted by Gasteiger charge is -2.33. The highest BCUT2D eigenvalue weighted by atomic mass is 32.1. The maximum Gasteiger partial charge on any atom is 0.168 e. The third-order valence-electron chi connectivity index (χ3n) is 5.28. The molecule has 0 aliphatic carbocycles. The predicted octanol–water partition coefficient (Wildman–Crippen LogP) is 4.15. The van der Waals surface area contributed by atoms with Gasteiger partial charge < -0.3 is 9.64 Å². The van der Waals surface area contributed by atoms with Gasteiger partial charge in [0.2, 0.25) is 0 Å². The van der Waals surface area contributed by atoms with Gasteiger partial charge in [-0.05, 0) is 12.1 Å². The Bertz CT molecular complexity index is 1160. The van der Waals surface area contributed by atoms with E-state index in [2.05, 4.69) is 46.1 Å². The van der Waals surface area contributed by atoms with Gasteiger partial charge in [0.05, 0.1) is 36.1 Å². The van der Waals surface area contributed by atoms with Crippen LogP contribution in [0.15, 0.2) is 48.2 Å². The molecule has 0 bridgehead atoms. The van der Waals surface area contributed by atoms with Crippen molar-refractivity contribution in [3.05, 3.63) is 58.9 Å². The second-order valence-corrected chi connectivity index (χ2v) is 9.34. The van der Waals surface area contributed by atoms with Crippen LogP contribution in [0.25, 0.3) is 16.7 Å². The summed E-state index contributed by atoms with van der Waals surface area (Å²) in [4.78, 5) is 16.2. The summed E-state index contributed by atoms with van der Waals surface area (Å²) >= 11 is 1.67. The summed E-state index contributed by atoms with van der Waals surface area (Å²) in [5, 5.41) is 8.68. The molecule has 3 aromatic heterocycles. The lowest BCUT2D eigenvalue weighted by Crippen LogP contribution is -2.39. The number of benzene rings is 1. The number of aromatic nitrogens is 5. The standard InChI is InChI=1S/C22H24N6OS/c1-22(2,3)18-13-30-21(26-18)17-12-27(9-10-29-17)19-16-11-25-28(20(16)24-14-23-19)15-7-5-4-6-8-15/h4-8,11,13-14,17H,9-10,12H2,1-3H3. The minimum Gasteiger partial charge on any atom is -0.367 e. The van der Waals surface area contributed by atoms with Gasteiger partial charge in [-0.3, -0.25) is 0 Å². The summed E-state index contributed by atoms with van der Waals surface area (Å²) < 4.78 is 7.93. The third kappa shape index (κ3) is 3.46. The first-order chi connectivity index (χ1) is 14.5. The molecule has 30 heavy (non-hydrogen) atoms. The first kappa shape index (κ1) is 19.1. The molecule has 0 saturated carbocycles. The van der Waals surface area contributed by atoms with E-state index in [0.29, 0.717) is 13.2 Å². The monoisotopic (exact) mass is 420 g/mol. The van der Waals surface area contributed by atoms with E-state index < -0.39 is 0 Å². The summed E-state index contributed by atoms with van der Waals surface area (Å²) in [6.07, 6.45) is 3.40. The molecule has 8 heteroatoms. The molecule has 1 unspecified atom stereocenters. The van der Waals surface area contributed by atoms with Crippen molar-refractivity contribution in [1.29, 1.82) is 0 Å². The van der Waals surface area contributed by atoms with Crippen LogP contribution < -0.4 is 4.90 Å². The fraction of sp³-hybridized carbons (Fsp3) is 0.364. The maximum atomic E-state index is 6.07. The second kappa shape index (κ2) is 7.45. The molecule has 1 aliphatic heterocycles. The largest absolute Gasteiger partial charge is 0.367 e. The van der Waals surface area contributed by atoms with Gasteiger partial charge in [-0.2, -0.15) is 5.10 Å². The van der Waals surface area contributed by atoms with E-state index in [1.165, 1.54) is 0 Å². The smallest absolute Gasteiger partial charge is 0.168 e. The molecule has 1 aromatic carbocycles. The fourth-order valence-electron chi connectivity index (χ4n) is 3.61. The molecule has 1 aliphatic rings. The number of thiazole rings is 1. The predicted molar refractivity (Wildman–Crippen MR) is 118 cm³/mol. The second-order valence-electron chi connectivity index (χ2n) is 8.45. The number of nitrogens with zero attached hydrogens (tertiary/aromatic N) is 6. The van der Waals surface area contributed by atoms with Gasteiger partial charge in [-0.1, -0.05) is 39.0 Å². The van der Waals surface area contributed by atoms with Gasteiger partial charge >= 0.3 is 0 Å². The zero-order valence-electron chi connectivity index (χ0n) is 17.3. The van der Waals surface area contributed by atoms with E-state index in [4.69, 9.17) is 9.72 Å². The van der Waals surface area contributed by atoms with Crippen LogP contribution in [0.5, 0.6) is 0 Å². The molecular formula is C22H24N6OS. The summed E-state index contributed by atoms with van der Waals surface area (Å²) in [6, 6.07) is 10.0. The highest BCUT2D eigenvalue weighted by Crippen LogP contribution is 2.33. The Kier molecular flexibility index (Phi) is 4.75. The number of hydrogen-bond acceptors (Lipinski definition) is 7. The summed E-state index contributed by atoms with van der Waals surface area (Å²) in [6.45, 7) is 8.66. The maximum absolute atomic E-state index is 6.07. The first-order valence-corrected chi connectivity index (χ1v) is 11.0. The van der Waals surface area contributed by atoms with Crippen molar-refractivity contribution in [2.45, 2.75) is 32.3 Å². The van der Waals surface area contributed by atoms with Crippen LogP contribution in [0, 0.1) is 0 Å². The normalized spacial score (nSPS) is 17.6. The van der Waals surface area contributed by atoms with E-state index in [0.717, 1.165) is 39.8 Å². The Balaban J connectivity index is 1.45. The van der Waals surface area contributed by atoms with Gasteiger partial charge in [0.1, 0.15) is 23.3 Å². The average molecular weight is 421 g/mol. The van der Waals surface area contributed by atoms with Gasteiger partial charge in [-0.15, -0.1) is 11.3 Å². The first-order valence-electron chi connectivity index (χ1n) is 10.1. The number of anilines is 1. The number of fused-ring (bicyclic) bond motifs is 1. The van der Waals surface area contributed by atoms with Crippen molar-refractivity contribution in [3.63, 3.8) is 0 Å². The Morgan fingerprint density at radius 3 is 2.73 bits per heavy atom. The number of rotatable bonds is 3. The van der Waals surface area contributed by atoms with E-state index in [1.807, 2.05) is 41.2 Å². The minimum atomic E-state index is -0.0611. The van der Waals surface area contributed by atoms with Crippen LogP contribution in [0.4, 0.5) is 5.82 Å². The Hall–Kier alpha value is -2.84. The highest BCUT2D eigenvalue weighted by molar-refractivity contribution is 7.09. The van der Waals surface area contributed by atoms with Crippen LogP contribution >= 0.6 is 11.3 Å². The van der Waals surface area contributed by atoms with Gasteiger partial charge in [-0.25, -0.2) is 19.6 Å². The fourth-order valence-corrected chi connectivity index (χ4v) is 4.70. The van der Waals surface area contributed by atoms with Crippen LogP contribution in [0.1, 0.15) is 37.6 Å². The van der Waals surface area contributed by atoms with Crippen LogP contribution in [-0.2, 0) is 10.2 Å². The van der Waals surface area contributed by atoms with Gasteiger partial charge in [0.25, 0.3) is 0 Å². The van der Waals surface area contributed by atoms with Crippen LogP contribution in [0.2, 0.25) is 0 Å². The molecule has 4 heterocycles. The van der Waals surface area contributed by atoms with E-state index in [9.17, 15) is 0 Å². The summed E-state index contributed by atoms with van der Waals surface area (Å²) in [5.74, 6) is 0.892. The molecule has 4 aromatic rings. The SMILES string of the molecule is CC(C)(C)c1csc(C2CN(c3ncnc4c3cnn4-c3ccccc3)CCO2)n1. The Morgan fingerprint density at radius 2 is 1.97 bits per heavy atom. The molecule has 1 saturated heterocycles. The van der Waals surface area contributed by atoms with Gasteiger partial charge in [0, 0.05) is 17.3 Å². The van der Waals surface area contributed by atoms with E-state index in [1.54, 1.807) is 17.7 Å². The lowest BCUT2D eigenvalue weighted by atomic mass is 9.93. The van der Waals surface area contributed by atoms with Crippen molar-refractivity contribution in [2.75, 3.05) is 24.6 Å². The number of hydrogen-bond donors (Lipinski definition) is 0. The quantitative estimate of drug-likeness (QED) is 0.496. The molecule has 7 nitrogen and oxygen atoms in total. The average Bonchev–Trinajstić information content (AvgIpc) is 3.42. The molecule has 1 fully saturated rings. The molecule has 0 amide bonds. The summed E-state index contributed by atoms with van der Waals surface area (Å²) in [5.41, 5.74) is 2.93. The van der Waals surface area contributed by atoms with Crippen molar-refractivity contribution < 1.29 is 4.74 Å². The van der Waals surface area contributed by atoms with Crippen LogP contribution in [0.3, 0.4) is 0 Å². The zero-order chi connectivity index (χ0) is 20.7. The van der Waals surface area contributed by atoms with Crippen LogP contribution in [-0.4, -0.2) is 44.4 Å². The van der Waals surface area contributed by atoms with Crippen molar-refractivity contribution >= 4 is 28.2 Å². The Labute approximate surface area is 179 Å². The van der Waals surface area contributed by atoms with Crippen molar-refractivity contribution in [3.8, 4) is 5.69 Å². The molecular weight excluding hydrogens is 396 g/mol. The summed E-state index contributed by atoms with van der Waals surface area (Å²) in [7, 11) is 0. The minimum absolute atomic E-state index is 0.0357. The number of morpholine rings is 1. The number of ether oxygens (including phenoxy) is 1. The molecule has 0 spiro atoms. The topological polar surface area (TPSA) is 69.0 Å². The molecule has 0 N–H and O–H groups in total. The van der Waals surface area contributed by atoms with Crippen molar-refractivity contribution in [1.82, 2.24) is 24.7 Å². The van der Waals surface area contributed by atoms with E-state index >= 15 is 0 Å². The lowest BCUT2D eigenvalue weighted by molar-refractivity contribution is 0.0393. The van der Waals surface area contributed by atoms with Crippen molar-refractivity contribution in [2.24, 2.45) is 0 Å². The highest BCUT2D eigenvalue weighted by Gasteiger charge is 2.28. The number of para-hydroxylation sites is 1. The molecule has 154 valence electrons. The molecule has 5 rings (SSSR count). The molecule has 0 radical (unpaired) electrons. The Morgan fingerprint density at radius 1 is 1.13 bits per heavy atom. The van der Waals surface area contributed by atoms with E-state index in [-0.39, 0.29) is 11.5 Å². The molecule has 1 atom stereocenters. The third-order valence-corrected chi connectivity index (χ3v) is 6.21.